The summed E-state index contributed by atoms with van der Waals surface area (Å²) >= 11 is 3.22. The normalized spacial score (nSPS) is 22.0. The second-order valence-corrected chi connectivity index (χ2v) is 8.52. The van der Waals surface area contributed by atoms with E-state index >= 15 is 0 Å². The van der Waals surface area contributed by atoms with Crippen molar-refractivity contribution in [3.63, 3.8) is 0 Å². The fraction of sp³-hybridized carbons (Fsp3) is 0.714. The molecule has 1 heterocycles. The van der Waals surface area contributed by atoms with Crippen molar-refractivity contribution in [3.8, 4) is 0 Å². The lowest BCUT2D eigenvalue weighted by atomic mass is 10.3. The maximum Gasteiger partial charge on any atom is 0.247 e. The average molecular weight is 379 g/mol. The summed E-state index contributed by atoms with van der Waals surface area (Å²) in [7, 11) is -1.86. The van der Waals surface area contributed by atoms with Gasteiger partial charge in [0.2, 0.25) is 10.0 Å². The van der Waals surface area contributed by atoms with Crippen molar-refractivity contribution in [2.75, 3.05) is 20.1 Å². The zero-order valence-corrected chi connectivity index (χ0v) is 15.1. The van der Waals surface area contributed by atoms with Gasteiger partial charge in [-0.25, -0.2) is 12.7 Å². The van der Waals surface area contributed by atoms with Crippen LogP contribution in [-0.4, -0.2) is 32.9 Å². The molecule has 0 aromatic carbocycles. The predicted molar refractivity (Wildman–Crippen MR) is 85.5 cm³/mol. The van der Waals surface area contributed by atoms with E-state index in [1.54, 1.807) is 13.1 Å². The van der Waals surface area contributed by atoms with Gasteiger partial charge in [0, 0.05) is 19.7 Å². The van der Waals surface area contributed by atoms with Gasteiger partial charge in [-0.1, -0.05) is 13.8 Å². The molecule has 1 N–H and O–H groups in total. The zero-order valence-electron chi connectivity index (χ0n) is 12.7. The molecule has 2 unspecified atom stereocenters. The Balaban J connectivity index is 2.08. The Labute approximate surface area is 135 Å². The van der Waals surface area contributed by atoms with Gasteiger partial charge in [-0.05, 0) is 47.2 Å². The van der Waals surface area contributed by atoms with Crippen molar-refractivity contribution in [2.45, 2.75) is 38.1 Å². The average Bonchev–Trinajstić information content (AvgIpc) is 2.96. The van der Waals surface area contributed by atoms with Crippen LogP contribution in [0.4, 0.5) is 0 Å². The summed E-state index contributed by atoms with van der Waals surface area (Å²) in [4.78, 5) is 0.214. The third kappa shape index (κ3) is 4.09. The van der Waals surface area contributed by atoms with Crippen molar-refractivity contribution in [2.24, 2.45) is 11.8 Å². The largest absolute Gasteiger partial charge is 0.452 e. The number of furan rings is 1. The Kier molecular flexibility index (Phi) is 5.51. The first-order valence-corrected chi connectivity index (χ1v) is 9.54. The lowest BCUT2D eigenvalue weighted by Gasteiger charge is -2.15. The number of hydrogen-bond acceptors (Lipinski definition) is 4. The van der Waals surface area contributed by atoms with E-state index in [-0.39, 0.29) is 9.56 Å². The highest BCUT2D eigenvalue weighted by Gasteiger charge is 2.37. The minimum atomic E-state index is -3.49. The first-order chi connectivity index (χ1) is 9.86. The Morgan fingerprint density at radius 1 is 1.52 bits per heavy atom. The number of sulfonamides is 1. The first kappa shape index (κ1) is 17.0. The molecule has 0 bridgehead atoms. The molecule has 120 valence electrons. The molecule has 2 atom stereocenters. The van der Waals surface area contributed by atoms with E-state index in [0.29, 0.717) is 30.7 Å². The molecule has 5 nitrogen and oxygen atoms in total. The van der Waals surface area contributed by atoms with Crippen LogP contribution in [0, 0.1) is 11.8 Å². The van der Waals surface area contributed by atoms with E-state index in [1.165, 1.54) is 4.31 Å². The van der Waals surface area contributed by atoms with Gasteiger partial charge < -0.3 is 9.73 Å². The number of rotatable bonds is 8. The zero-order chi connectivity index (χ0) is 15.6. The van der Waals surface area contributed by atoms with Gasteiger partial charge in [-0.3, -0.25) is 0 Å². The highest BCUT2D eigenvalue weighted by molar-refractivity contribution is 9.10. The molecule has 1 aromatic heterocycles. The Morgan fingerprint density at radius 2 is 2.19 bits per heavy atom. The molecule has 2 rings (SSSR count). The van der Waals surface area contributed by atoms with E-state index in [9.17, 15) is 8.42 Å². The van der Waals surface area contributed by atoms with Crippen molar-refractivity contribution in [1.82, 2.24) is 9.62 Å². The molecule has 7 heteroatoms. The predicted octanol–water partition coefficient (Wildman–Crippen LogP) is 2.82. The molecule has 0 spiro atoms. The highest BCUT2D eigenvalue weighted by Crippen LogP contribution is 2.39. The molecule has 1 aliphatic rings. The standard InChI is InChI=1S/C14H23BrN2O3S/c1-4-5-16-8-12-7-13(14(15)20-12)21(18,19)17(3)9-11-6-10(11)2/h7,10-11,16H,4-6,8-9H2,1-3H3. The lowest BCUT2D eigenvalue weighted by Crippen LogP contribution is -2.29. The van der Waals surface area contributed by atoms with Gasteiger partial charge in [0.05, 0.1) is 6.54 Å². The minimum Gasteiger partial charge on any atom is -0.452 e. The molecule has 0 radical (unpaired) electrons. The van der Waals surface area contributed by atoms with Crippen LogP contribution in [0.5, 0.6) is 0 Å². The molecule has 1 fully saturated rings. The summed E-state index contributed by atoms with van der Waals surface area (Å²) in [6.07, 6.45) is 2.13. The van der Waals surface area contributed by atoms with Gasteiger partial charge in [0.25, 0.3) is 0 Å². The summed E-state index contributed by atoms with van der Waals surface area (Å²) in [5, 5.41) is 3.20. The molecule has 0 aliphatic heterocycles. The molecule has 0 amide bonds. The smallest absolute Gasteiger partial charge is 0.247 e. The fourth-order valence-corrected chi connectivity index (χ4v) is 4.48. The SMILES string of the molecule is CCCNCc1cc(S(=O)(=O)N(C)CC2CC2C)c(Br)o1. The van der Waals surface area contributed by atoms with Gasteiger partial charge >= 0.3 is 0 Å². The molecular formula is C14H23BrN2O3S. The van der Waals surface area contributed by atoms with Crippen LogP contribution in [-0.2, 0) is 16.6 Å². The van der Waals surface area contributed by atoms with Crippen LogP contribution >= 0.6 is 15.9 Å². The van der Waals surface area contributed by atoms with Gasteiger partial charge in [0.15, 0.2) is 4.67 Å². The summed E-state index contributed by atoms with van der Waals surface area (Å²) in [5.74, 6) is 1.74. The summed E-state index contributed by atoms with van der Waals surface area (Å²) in [6.45, 7) is 6.21. The van der Waals surface area contributed by atoms with Crippen LogP contribution in [0.25, 0.3) is 0 Å². The van der Waals surface area contributed by atoms with Gasteiger partial charge in [0.1, 0.15) is 10.7 Å². The highest BCUT2D eigenvalue weighted by atomic mass is 79.9. The number of halogens is 1. The Bertz CT molecular complexity index is 585. The first-order valence-electron chi connectivity index (χ1n) is 7.31. The van der Waals surface area contributed by atoms with Crippen LogP contribution in [0.3, 0.4) is 0 Å². The van der Waals surface area contributed by atoms with E-state index < -0.39 is 10.0 Å². The molecule has 1 aromatic rings. The number of nitrogens with zero attached hydrogens (tertiary/aromatic N) is 1. The van der Waals surface area contributed by atoms with Crippen LogP contribution in [0.1, 0.15) is 32.4 Å². The van der Waals surface area contributed by atoms with Crippen LogP contribution in [0.15, 0.2) is 20.0 Å². The second-order valence-electron chi connectivity index (χ2n) is 5.79. The van der Waals surface area contributed by atoms with E-state index in [4.69, 9.17) is 4.42 Å². The van der Waals surface area contributed by atoms with E-state index in [0.717, 1.165) is 19.4 Å². The van der Waals surface area contributed by atoms with Crippen molar-refractivity contribution in [1.29, 1.82) is 0 Å². The Hall–Kier alpha value is -0.370. The van der Waals surface area contributed by atoms with E-state index in [2.05, 4.69) is 35.1 Å². The monoisotopic (exact) mass is 378 g/mol. The molecule has 0 saturated heterocycles. The van der Waals surface area contributed by atoms with Crippen molar-refractivity contribution < 1.29 is 12.8 Å². The maximum absolute atomic E-state index is 12.6. The Morgan fingerprint density at radius 3 is 2.76 bits per heavy atom. The minimum absolute atomic E-state index is 0.214. The van der Waals surface area contributed by atoms with E-state index in [1.807, 2.05) is 0 Å². The molecule has 1 aliphatic carbocycles. The van der Waals surface area contributed by atoms with Crippen molar-refractivity contribution in [3.05, 3.63) is 16.5 Å². The molecular weight excluding hydrogens is 356 g/mol. The quantitative estimate of drug-likeness (QED) is 0.706. The van der Waals surface area contributed by atoms with Crippen LogP contribution in [0.2, 0.25) is 0 Å². The number of nitrogens with one attached hydrogen (secondary N) is 1. The third-order valence-corrected chi connectivity index (χ3v) is 6.57. The molecule has 1 saturated carbocycles. The van der Waals surface area contributed by atoms with Gasteiger partial charge in [-0.2, -0.15) is 0 Å². The maximum atomic E-state index is 12.6. The van der Waals surface area contributed by atoms with Gasteiger partial charge in [-0.15, -0.1) is 0 Å². The summed E-state index contributed by atoms with van der Waals surface area (Å²) < 4.78 is 32.4. The molecule has 21 heavy (non-hydrogen) atoms. The summed E-state index contributed by atoms with van der Waals surface area (Å²) in [5.41, 5.74) is 0. The summed E-state index contributed by atoms with van der Waals surface area (Å²) in [6, 6.07) is 1.61. The fourth-order valence-electron chi connectivity index (χ4n) is 2.30. The van der Waals surface area contributed by atoms with Crippen LogP contribution < -0.4 is 5.32 Å². The second kappa shape index (κ2) is 6.81. The number of hydrogen-bond donors (Lipinski definition) is 1. The topological polar surface area (TPSA) is 62.6 Å². The van der Waals surface area contributed by atoms with Crippen molar-refractivity contribution >= 4 is 26.0 Å². The third-order valence-electron chi connectivity index (χ3n) is 3.89. The lowest BCUT2D eigenvalue weighted by molar-refractivity contribution is 0.438.